The molecule has 0 radical (unpaired) electrons. The minimum Gasteiger partial charge on any atom is -0.493 e. The Morgan fingerprint density at radius 1 is 1.33 bits per heavy atom. The van der Waals surface area contributed by atoms with Crippen molar-refractivity contribution in [3.05, 3.63) is 22.7 Å². The van der Waals surface area contributed by atoms with E-state index in [1.807, 2.05) is 0 Å². The van der Waals surface area contributed by atoms with Gasteiger partial charge in [-0.15, -0.1) is 0 Å². The van der Waals surface area contributed by atoms with Crippen molar-refractivity contribution >= 4 is 21.9 Å². The van der Waals surface area contributed by atoms with Crippen LogP contribution >= 0.6 is 15.9 Å². The van der Waals surface area contributed by atoms with E-state index < -0.39 is 5.97 Å². The molecule has 0 atom stereocenters. The number of benzene rings is 1. The Kier molecular flexibility index (Phi) is 4.42. The third-order valence-corrected chi connectivity index (χ3v) is 2.19. The van der Waals surface area contributed by atoms with E-state index in [1.54, 1.807) is 18.2 Å². The van der Waals surface area contributed by atoms with Crippen molar-refractivity contribution < 1.29 is 19.0 Å². The van der Waals surface area contributed by atoms with Crippen LogP contribution in [0.2, 0.25) is 0 Å². The van der Waals surface area contributed by atoms with Crippen molar-refractivity contribution in [3.63, 3.8) is 0 Å². The average molecular weight is 275 g/mol. The first-order valence-corrected chi connectivity index (χ1v) is 5.00. The van der Waals surface area contributed by atoms with Gasteiger partial charge in [0.25, 0.3) is 0 Å². The zero-order valence-corrected chi connectivity index (χ0v) is 10.0. The Bertz CT molecular complexity index is 351. The predicted octanol–water partition coefficient (Wildman–Crippen LogP) is 2.01. The van der Waals surface area contributed by atoms with Gasteiger partial charge in [-0.25, -0.2) is 4.79 Å². The van der Waals surface area contributed by atoms with Gasteiger partial charge >= 0.3 is 5.97 Å². The van der Waals surface area contributed by atoms with Crippen molar-refractivity contribution in [2.45, 2.75) is 0 Å². The van der Waals surface area contributed by atoms with E-state index >= 15 is 0 Å². The van der Waals surface area contributed by atoms with Crippen LogP contribution in [0.1, 0.15) is 0 Å². The number of carbonyl (C=O) groups is 1. The molecule has 0 aliphatic heterocycles. The molecule has 0 fully saturated rings. The summed E-state index contributed by atoms with van der Waals surface area (Å²) in [5.74, 6) is 0.638. The number of ether oxygens (including phenoxy) is 3. The van der Waals surface area contributed by atoms with Crippen LogP contribution in [-0.2, 0) is 9.53 Å². The largest absolute Gasteiger partial charge is 0.493 e. The zero-order valence-electron chi connectivity index (χ0n) is 8.45. The molecule has 82 valence electrons. The molecule has 1 aromatic rings. The van der Waals surface area contributed by atoms with Gasteiger partial charge in [0.1, 0.15) is 0 Å². The summed E-state index contributed by atoms with van der Waals surface area (Å²) in [5, 5.41) is 0. The summed E-state index contributed by atoms with van der Waals surface area (Å²) in [6, 6.07) is 5.27. The van der Waals surface area contributed by atoms with Crippen LogP contribution in [0.15, 0.2) is 22.7 Å². The zero-order chi connectivity index (χ0) is 11.3. The summed E-state index contributed by atoms with van der Waals surface area (Å²) in [7, 11) is 2.84. The SMILES string of the molecule is COC(=O)COc1ccc(Br)cc1OC. The minimum atomic E-state index is -0.431. The van der Waals surface area contributed by atoms with Gasteiger partial charge in [0, 0.05) is 4.47 Å². The van der Waals surface area contributed by atoms with E-state index in [4.69, 9.17) is 9.47 Å². The molecule has 0 aliphatic rings. The maximum Gasteiger partial charge on any atom is 0.343 e. The summed E-state index contributed by atoms with van der Waals surface area (Å²) in [5.41, 5.74) is 0. The van der Waals surface area contributed by atoms with E-state index in [0.29, 0.717) is 11.5 Å². The second-order valence-electron chi connectivity index (χ2n) is 2.66. The molecule has 0 saturated heterocycles. The molecule has 15 heavy (non-hydrogen) atoms. The molecular formula is C10H11BrO4. The third-order valence-electron chi connectivity index (χ3n) is 1.70. The minimum absolute atomic E-state index is 0.130. The number of hydrogen-bond donors (Lipinski definition) is 0. The first kappa shape index (κ1) is 11.8. The van der Waals surface area contributed by atoms with Crippen molar-refractivity contribution in [2.24, 2.45) is 0 Å². The summed E-state index contributed by atoms with van der Waals surface area (Å²) in [6.07, 6.45) is 0. The van der Waals surface area contributed by atoms with Gasteiger partial charge < -0.3 is 14.2 Å². The lowest BCUT2D eigenvalue weighted by molar-refractivity contribution is -0.142. The lowest BCUT2D eigenvalue weighted by Gasteiger charge is -2.09. The van der Waals surface area contributed by atoms with E-state index in [1.165, 1.54) is 14.2 Å². The second-order valence-corrected chi connectivity index (χ2v) is 3.58. The first-order chi connectivity index (χ1) is 7.17. The standard InChI is InChI=1S/C10H11BrO4/c1-13-9-5-7(11)3-4-8(9)15-6-10(12)14-2/h3-5H,6H2,1-2H3. The van der Waals surface area contributed by atoms with Crippen LogP contribution < -0.4 is 9.47 Å². The number of carbonyl (C=O) groups excluding carboxylic acids is 1. The Labute approximate surface area is 96.3 Å². The Balaban J connectivity index is 2.72. The first-order valence-electron chi connectivity index (χ1n) is 4.20. The van der Waals surface area contributed by atoms with Crippen LogP contribution in [-0.4, -0.2) is 26.8 Å². The average Bonchev–Trinajstić information content (AvgIpc) is 2.26. The van der Waals surface area contributed by atoms with Crippen molar-refractivity contribution in [3.8, 4) is 11.5 Å². The Hall–Kier alpha value is -1.23. The molecular weight excluding hydrogens is 264 g/mol. The molecule has 0 amide bonds. The summed E-state index contributed by atoms with van der Waals surface area (Å²) in [6.45, 7) is -0.130. The van der Waals surface area contributed by atoms with Gasteiger partial charge in [-0.2, -0.15) is 0 Å². The van der Waals surface area contributed by atoms with Crippen LogP contribution in [0.25, 0.3) is 0 Å². The third kappa shape index (κ3) is 3.43. The topological polar surface area (TPSA) is 44.8 Å². The highest BCUT2D eigenvalue weighted by Crippen LogP contribution is 2.29. The van der Waals surface area contributed by atoms with Gasteiger partial charge in [-0.1, -0.05) is 15.9 Å². The number of esters is 1. The van der Waals surface area contributed by atoms with Gasteiger partial charge in [-0.3, -0.25) is 0 Å². The fourth-order valence-electron chi connectivity index (χ4n) is 0.956. The van der Waals surface area contributed by atoms with E-state index in [9.17, 15) is 4.79 Å². The summed E-state index contributed by atoms with van der Waals surface area (Å²) >= 11 is 3.30. The molecule has 0 N–H and O–H groups in total. The van der Waals surface area contributed by atoms with Crippen molar-refractivity contribution in [1.29, 1.82) is 0 Å². The quantitative estimate of drug-likeness (QED) is 0.788. The molecule has 1 rings (SSSR count). The monoisotopic (exact) mass is 274 g/mol. The lowest BCUT2D eigenvalue weighted by Crippen LogP contribution is -2.12. The molecule has 0 bridgehead atoms. The van der Waals surface area contributed by atoms with Crippen LogP contribution in [0.5, 0.6) is 11.5 Å². The number of methoxy groups -OCH3 is 2. The number of hydrogen-bond acceptors (Lipinski definition) is 4. The van der Waals surface area contributed by atoms with E-state index in [2.05, 4.69) is 20.7 Å². The van der Waals surface area contributed by atoms with Gasteiger partial charge in [0.2, 0.25) is 0 Å². The van der Waals surface area contributed by atoms with Gasteiger partial charge in [0.15, 0.2) is 18.1 Å². The molecule has 0 saturated carbocycles. The maximum absolute atomic E-state index is 10.9. The molecule has 0 aromatic heterocycles. The highest BCUT2D eigenvalue weighted by molar-refractivity contribution is 9.10. The van der Waals surface area contributed by atoms with Gasteiger partial charge in [-0.05, 0) is 18.2 Å². The lowest BCUT2D eigenvalue weighted by atomic mass is 10.3. The number of rotatable bonds is 4. The van der Waals surface area contributed by atoms with Crippen LogP contribution in [0, 0.1) is 0 Å². The highest BCUT2D eigenvalue weighted by atomic mass is 79.9. The Morgan fingerprint density at radius 2 is 2.07 bits per heavy atom. The van der Waals surface area contributed by atoms with Crippen molar-refractivity contribution in [2.75, 3.05) is 20.8 Å². The molecule has 0 spiro atoms. The smallest absolute Gasteiger partial charge is 0.343 e. The second kappa shape index (κ2) is 5.60. The maximum atomic E-state index is 10.9. The molecule has 5 heteroatoms. The highest BCUT2D eigenvalue weighted by Gasteiger charge is 2.07. The van der Waals surface area contributed by atoms with Crippen LogP contribution in [0.3, 0.4) is 0 Å². The molecule has 0 aliphatic carbocycles. The molecule has 1 aromatic carbocycles. The van der Waals surface area contributed by atoms with Crippen LogP contribution in [0.4, 0.5) is 0 Å². The fraction of sp³-hybridized carbons (Fsp3) is 0.300. The Morgan fingerprint density at radius 3 is 2.67 bits per heavy atom. The molecule has 0 unspecified atom stereocenters. The van der Waals surface area contributed by atoms with Gasteiger partial charge in [0.05, 0.1) is 14.2 Å². The summed E-state index contributed by atoms with van der Waals surface area (Å²) in [4.78, 5) is 10.9. The van der Waals surface area contributed by atoms with Crippen molar-refractivity contribution in [1.82, 2.24) is 0 Å². The molecule has 4 nitrogen and oxygen atoms in total. The predicted molar refractivity (Wildman–Crippen MR) is 58.2 cm³/mol. The fourth-order valence-corrected chi connectivity index (χ4v) is 1.30. The summed E-state index contributed by atoms with van der Waals surface area (Å²) < 4.78 is 15.6. The van der Waals surface area contributed by atoms with E-state index in [0.717, 1.165) is 4.47 Å². The normalized spacial score (nSPS) is 9.53. The number of halogens is 1. The molecule has 0 heterocycles. The van der Waals surface area contributed by atoms with E-state index in [-0.39, 0.29) is 6.61 Å².